The molecule has 1 aliphatic rings. The van der Waals surface area contributed by atoms with Crippen LogP contribution >= 0.6 is 11.8 Å². The SMILES string of the molecule is COc1ccc(S(=O)(=O)N2CCSCC2)cc1C#CCN. The normalized spacial score (nSPS) is 16.1. The number of rotatable bonds is 3. The van der Waals surface area contributed by atoms with Crippen molar-refractivity contribution in [2.75, 3.05) is 38.2 Å². The average Bonchev–Trinajstić information content (AvgIpc) is 2.53. The fourth-order valence-corrected chi connectivity index (χ4v) is 4.63. The van der Waals surface area contributed by atoms with E-state index in [0.717, 1.165) is 11.5 Å². The van der Waals surface area contributed by atoms with Gasteiger partial charge in [0.15, 0.2) is 0 Å². The second kappa shape index (κ2) is 7.18. The molecule has 1 aromatic rings. The van der Waals surface area contributed by atoms with E-state index in [1.165, 1.54) is 11.4 Å². The van der Waals surface area contributed by atoms with Crippen LogP contribution in [0.3, 0.4) is 0 Å². The summed E-state index contributed by atoms with van der Waals surface area (Å²) in [5.41, 5.74) is 5.90. The molecule has 21 heavy (non-hydrogen) atoms. The number of sulfonamides is 1. The van der Waals surface area contributed by atoms with Gasteiger partial charge in [-0.15, -0.1) is 0 Å². The maximum Gasteiger partial charge on any atom is 0.243 e. The smallest absolute Gasteiger partial charge is 0.243 e. The van der Waals surface area contributed by atoms with E-state index in [9.17, 15) is 8.42 Å². The fraction of sp³-hybridized carbons (Fsp3) is 0.429. The lowest BCUT2D eigenvalue weighted by Crippen LogP contribution is -2.37. The topological polar surface area (TPSA) is 72.6 Å². The summed E-state index contributed by atoms with van der Waals surface area (Å²) in [6, 6.07) is 4.74. The Bertz CT molecular complexity index is 657. The van der Waals surface area contributed by atoms with Gasteiger partial charge in [-0.2, -0.15) is 16.1 Å². The maximum absolute atomic E-state index is 12.6. The predicted molar refractivity (Wildman–Crippen MR) is 85.0 cm³/mol. The van der Waals surface area contributed by atoms with E-state index in [4.69, 9.17) is 10.5 Å². The van der Waals surface area contributed by atoms with Crippen molar-refractivity contribution in [2.45, 2.75) is 4.90 Å². The Morgan fingerprint density at radius 3 is 2.71 bits per heavy atom. The average molecular weight is 326 g/mol. The lowest BCUT2D eigenvalue weighted by atomic mass is 10.2. The summed E-state index contributed by atoms with van der Waals surface area (Å²) in [7, 11) is -1.94. The highest BCUT2D eigenvalue weighted by atomic mass is 32.2. The zero-order valence-electron chi connectivity index (χ0n) is 11.8. The molecule has 1 heterocycles. The zero-order chi connectivity index (χ0) is 15.3. The van der Waals surface area contributed by atoms with Crippen molar-refractivity contribution < 1.29 is 13.2 Å². The molecule has 7 heteroatoms. The molecule has 1 saturated heterocycles. The monoisotopic (exact) mass is 326 g/mol. The number of hydrogen-bond acceptors (Lipinski definition) is 5. The predicted octanol–water partition coefficient (Wildman–Crippen LogP) is 0.743. The van der Waals surface area contributed by atoms with Crippen LogP contribution in [0.4, 0.5) is 0 Å². The number of nitrogens with two attached hydrogens (primary N) is 1. The van der Waals surface area contributed by atoms with Crippen molar-refractivity contribution in [2.24, 2.45) is 5.73 Å². The lowest BCUT2D eigenvalue weighted by molar-refractivity contribution is 0.412. The molecule has 2 rings (SSSR count). The summed E-state index contributed by atoms with van der Waals surface area (Å²) in [4.78, 5) is 0.247. The van der Waals surface area contributed by atoms with Gasteiger partial charge in [-0.3, -0.25) is 0 Å². The summed E-state index contributed by atoms with van der Waals surface area (Å²) in [6.07, 6.45) is 0. The third-order valence-electron chi connectivity index (χ3n) is 3.10. The van der Waals surface area contributed by atoms with E-state index in [1.807, 2.05) is 0 Å². The van der Waals surface area contributed by atoms with Crippen LogP contribution in [0.1, 0.15) is 5.56 Å². The molecule has 0 bridgehead atoms. The molecule has 2 N–H and O–H groups in total. The second-order valence-corrected chi connectivity index (χ2v) is 7.55. The van der Waals surface area contributed by atoms with E-state index in [1.54, 1.807) is 30.0 Å². The quantitative estimate of drug-likeness (QED) is 0.830. The first-order chi connectivity index (χ1) is 10.1. The summed E-state index contributed by atoms with van der Waals surface area (Å²) in [6.45, 7) is 1.30. The van der Waals surface area contributed by atoms with E-state index in [-0.39, 0.29) is 11.4 Å². The zero-order valence-corrected chi connectivity index (χ0v) is 13.5. The molecule has 0 unspecified atom stereocenters. The minimum absolute atomic E-state index is 0.212. The molecule has 1 aromatic carbocycles. The Kier molecular flexibility index (Phi) is 5.53. The largest absolute Gasteiger partial charge is 0.495 e. The molecular weight excluding hydrogens is 308 g/mol. The van der Waals surface area contributed by atoms with Gasteiger partial charge in [0.1, 0.15) is 5.75 Å². The Balaban J connectivity index is 2.39. The van der Waals surface area contributed by atoms with E-state index in [2.05, 4.69) is 11.8 Å². The molecule has 0 aromatic heterocycles. The number of hydrogen-bond donors (Lipinski definition) is 1. The fourth-order valence-electron chi connectivity index (χ4n) is 2.03. The molecule has 0 atom stereocenters. The standard InChI is InChI=1S/C14H18N2O3S2/c1-19-14-5-4-13(11-12(14)3-2-6-15)21(17,18)16-7-9-20-10-8-16/h4-5,11H,6-10,15H2,1H3. The van der Waals surface area contributed by atoms with Crippen LogP contribution < -0.4 is 10.5 Å². The van der Waals surface area contributed by atoms with Crippen LogP contribution in [0.15, 0.2) is 23.1 Å². The van der Waals surface area contributed by atoms with Gasteiger partial charge in [0.2, 0.25) is 10.0 Å². The lowest BCUT2D eigenvalue weighted by Gasteiger charge is -2.25. The van der Waals surface area contributed by atoms with Gasteiger partial charge in [0.25, 0.3) is 0 Å². The van der Waals surface area contributed by atoms with Crippen LogP contribution in [0, 0.1) is 11.8 Å². The van der Waals surface area contributed by atoms with Gasteiger partial charge in [-0.05, 0) is 18.2 Å². The van der Waals surface area contributed by atoms with Gasteiger partial charge in [-0.1, -0.05) is 11.8 Å². The minimum Gasteiger partial charge on any atom is -0.495 e. The van der Waals surface area contributed by atoms with Gasteiger partial charge in [-0.25, -0.2) is 8.42 Å². The molecule has 5 nitrogen and oxygen atoms in total. The first kappa shape index (κ1) is 16.2. The highest BCUT2D eigenvalue weighted by Gasteiger charge is 2.26. The molecular formula is C14H18N2O3S2. The first-order valence-corrected chi connectivity index (χ1v) is 9.14. The minimum atomic E-state index is -3.47. The van der Waals surface area contributed by atoms with Crippen molar-refractivity contribution in [3.63, 3.8) is 0 Å². The van der Waals surface area contributed by atoms with E-state index >= 15 is 0 Å². The molecule has 1 aliphatic heterocycles. The Morgan fingerprint density at radius 1 is 1.38 bits per heavy atom. The Hall–Kier alpha value is -1.20. The maximum atomic E-state index is 12.6. The number of methoxy groups -OCH3 is 1. The highest BCUT2D eigenvalue weighted by molar-refractivity contribution is 7.99. The van der Waals surface area contributed by atoms with Gasteiger partial charge in [0, 0.05) is 24.6 Å². The second-order valence-electron chi connectivity index (χ2n) is 4.38. The van der Waals surface area contributed by atoms with E-state index in [0.29, 0.717) is 24.4 Å². The highest BCUT2D eigenvalue weighted by Crippen LogP contribution is 2.25. The Morgan fingerprint density at radius 2 is 2.10 bits per heavy atom. The van der Waals surface area contributed by atoms with Crippen LogP contribution in [-0.4, -0.2) is 51.0 Å². The van der Waals surface area contributed by atoms with Crippen molar-refractivity contribution in [3.05, 3.63) is 23.8 Å². The van der Waals surface area contributed by atoms with Crippen LogP contribution in [0.5, 0.6) is 5.75 Å². The number of nitrogens with zero attached hydrogens (tertiary/aromatic N) is 1. The molecule has 1 fully saturated rings. The van der Waals surface area contributed by atoms with Crippen LogP contribution in [0.25, 0.3) is 0 Å². The number of benzene rings is 1. The summed E-state index contributed by atoms with van der Waals surface area (Å²) < 4.78 is 32.0. The summed E-state index contributed by atoms with van der Waals surface area (Å²) in [5, 5.41) is 0. The van der Waals surface area contributed by atoms with Crippen LogP contribution in [-0.2, 0) is 10.0 Å². The van der Waals surface area contributed by atoms with Gasteiger partial charge in [0.05, 0.1) is 24.1 Å². The Labute approximate surface area is 129 Å². The molecule has 0 amide bonds. The summed E-state index contributed by atoms with van der Waals surface area (Å²) in [5.74, 6) is 7.78. The van der Waals surface area contributed by atoms with E-state index < -0.39 is 10.0 Å². The third kappa shape index (κ3) is 3.71. The number of ether oxygens (including phenoxy) is 1. The molecule has 0 spiro atoms. The van der Waals surface area contributed by atoms with Gasteiger partial charge < -0.3 is 10.5 Å². The van der Waals surface area contributed by atoms with Crippen molar-refractivity contribution in [1.82, 2.24) is 4.31 Å². The number of thioether (sulfide) groups is 1. The molecule has 0 saturated carbocycles. The first-order valence-electron chi connectivity index (χ1n) is 6.54. The molecule has 0 aliphatic carbocycles. The van der Waals surface area contributed by atoms with Crippen molar-refractivity contribution in [3.8, 4) is 17.6 Å². The van der Waals surface area contributed by atoms with Crippen molar-refractivity contribution in [1.29, 1.82) is 0 Å². The van der Waals surface area contributed by atoms with Crippen molar-refractivity contribution >= 4 is 21.8 Å². The molecule has 0 radical (unpaired) electrons. The van der Waals surface area contributed by atoms with Gasteiger partial charge >= 0.3 is 0 Å². The van der Waals surface area contributed by atoms with Crippen LogP contribution in [0.2, 0.25) is 0 Å². The third-order valence-corrected chi connectivity index (χ3v) is 5.94. The summed E-state index contributed by atoms with van der Waals surface area (Å²) >= 11 is 1.77. The molecule has 114 valence electrons.